The molecule has 2 aromatic rings. The number of hydrogen-bond acceptors (Lipinski definition) is 6. The van der Waals surface area contributed by atoms with Gasteiger partial charge in [-0.1, -0.05) is 12.1 Å². The summed E-state index contributed by atoms with van der Waals surface area (Å²) >= 11 is 0. The number of anilines is 1. The highest BCUT2D eigenvalue weighted by molar-refractivity contribution is 5.89. The Morgan fingerprint density at radius 2 is 1.82 bits per heavy atom. The minimum atomic E-state index is -0.420. The van der Waals surface area contributed by atoms with E-state index in [2.05, 4.69) is 27.3 Å². The van der Waals surface area contributed by atoms with Gasteiger partial charge in [-0.15, -0.1) is 0 Å². The molecule has 5 N–H and O–H groups in total. The molecule has 5 rings (SSSR count). The molecule has 2 aliphatic heterocycles. The van der Waals surface area contributed by atoms with E-state index in [1.165, 1.54) is 16.6 Å². The number of rotatable bonds is 5. The maximum atomic E-state index is 12.6. The molecule has 0 radical (unpaired) electrons. The first-order valence-electron chi connectivity index (χ1n) is 12.4. The van der Waals surface area contributed by atoms with Crippen molar-refractivity contribution in [2.75, 3.05) is 38.0 Å². The number of hydrogen-bond donors (Lipinski definition) is 3. The molecular weight excluding hydrogens is 430 g/mol. The van der Waals surface area contributed by atoms with E-state index in [1.807, 2.05) is 12.1 Å². The Labute approximate surface area is 200 Å². The standard InChI is InChI=1S/C25H35N7O2/c26-19-2-1-10-30(12-8-19)11-7-18-3-5-21(6-4-18)32-13-9-22(29-24(32)34)28-23(33)31-16-25(17-31)14-20(27)15-25/h3-6,9,13,19-20H,1-2,7-8,10-12,14-17,26-27H2,(H,28,29,33,34). The summed E-state index contributed by atoms with van der Waals surface area (Å²) in [5.41, 5.74) is 13.8. The van der Waals surface area contributed by atoms with Crippen LogP contribution in [0.4, 0.5) is 10.6 Å². The van der Waals surface area contributed by atoms with Crippen LogP contribution in [0.1, 0.15) is 37.7 Å². The Kier molecular flexibility index (Phi) is 6.42. The lowest BCUT2D eigenvalue weighted by atomic mass is 9.61. The Morgan fingerprint density at radius 3 is 2.53 bits per heavy atom. The van der Waals surface area contributed by atoms with Crippen molar-refractivity contribution in [1.29, 1.82) is 0 Å². The lowest BCUT2D eigenvalue weighted by Gasteiger charge is -2.58. The summed E-state index contributed by atoms with van der Waals surface area (Å²) in [5, 5.41) is 2.74. The van der Waals surface area contributed by atoms with Crippen LogP contribution >= 0.6 is 0 Å². The maximum absolute atomic E-state index is 12.6. The summed E-state index contributed by atoms with van der Waals surface area (Å²) in [6.45, 7) is 4.65. The van der Waals surface area contributed by atoms with Crippen molar-refractivity contribution >= 4 is 11.8 Å². The largest absolute Gasteiger partial charge is 0.354 e. The molecule has 1 saturated carbocycles. The van der Waals surface area contributed by atoms with Crippen molar-refractivity contribution < 1.29 is 4.79 Å². The molecule has 3 heterocycles. The van der Waals surface area contributed by atoms with Gasteiger partial charge < -0.3 is 21.3 Å². The molecule has 3 aliphatic rings. The number of nitrogens with one attached hydrogen (secondary N) is 1. The zero-order valence-electron chi connectivity index (χ0n) is 19.7. The Bertz CT molecular complexity index is 1070. The van der Waals surface area contributed by atoms with Crippen molar-refractivity contribution in [3.8, 4) is 5.69 Å². The van der Waals surface area contributed by atoms with E-state index in [4.69, 9.17) is 11.5 Å². The summed E-state index contributed by atoms with van der Waals surface area (Å²) in [4.78, 5) is 33.3. The first-order chi connectivity index (χ1) is 16.4. The second-order valence-electron chi connectivity index (χ2n) is 10.4. The van der Waals surface area contributed by atoms with Crippen molar-refractivity contribution in [3.05, 3.63) is 52.6 Å². The van der Waals surface area contributed by atoms with Crippen LogP contribution in [-0.4, -0.2) is 70.2 Å². The van der Waals surface area contributed by atoms with E-state index in [9.17, 15) is 9.59 Å². The Hall–Kier alpha value is -2.75. The number of aromatic nitrogens is 2. The average molecular weight is 466 g/mol. The highest BCUT2D eigenvalue weighted by Gasteiger charge is 2.52. The van der Waals surface area contributed by atoms with E-state index >= 15 is 0 Å². The molecular formula is C25H35N7O2. The molecule has 1 aromatic carbocycles. The third-order valence-corrected chi connectivity index (χ3v) is 7.57. The van der Waals surface area contributed by atoms with Gasteiger partial charge in [-0.3, -0.25) is 9.88 Å². The van der Waals surface area contributed by atoms with Crippen LogP contribution in [0.3, 0.4) is 0 Å². The summed E-state index contributed by atoms with van der Waals surface area (Å²) in [6, 6.07) is 10.1. The van der Waals surface area contributed by atoms with Gasteiger partial charge in [0.1, 0.15) is 5.82 Å². The van der Waals surface area contributed by atoms with E-state index < -0.39 is 5.69 Å². The van der Waals surface area contributed by atoms with Crippen LogP contribution in [0.2, 0.25) is 0 Å². The average Bonchev–Trinajstić information content (AvgIpc) is 2.98. The molecule has 34 heavy (non-hydrogen) atoms. The molecule has 2 amide bonds. The van der Waals surface area contributed by atoms with Crippen LogP contribution < -0.4 is 22.5 Å². The highest BCUT2D eigenvalue weighted by Crippen LogP contribution is 2.47. The van der Waals surface area contributed by atoms with Crippen LogP contribution in [0, 0.1) is 5.41 Å². The van der Waals surface area contributed by atoms with Crippen molar-refractivity contribution in [2.45, 2.75) is 50.6 Å². The van der Waals surface area contributed by atoms with Gasteiger partial charge in [0.25, 0.3) is 0 Å². The summed E-state index contributed by atoms with van der Waals surface area (Å²) in [7, 11) is 0. The Balaban J connectivity index is 1.14. The van der Waals surface area contributed by atoms with E-state index in [1.54, 1.807) is 17.2 Å². The number of nitrogens with two attached hydrogens (primary N) is 2. The molecule has 182 valence electrons. The third kappa shape index (κ3) is 5.01. The Morgan fingerprint density at radius 1 is 1.06 bits per heavy atom. The second-order valence-corrected chi connectivity index (χ2v) is 10.4. The molecule has 3 fully saturated rings. The summed E-state index contributed by atoms with van der Waals surface area (Å²) < 4.78 is 1.49. The van der Waals surface area contributed by atoms with Crippen LogP contribution in [0.15, 0.2) is 41.3 Å². The van der Waals surface area contributed by atoms with Gasteiger partial charge in [-0.2, -0.15) is 4.98 Å². The fourth-order valence-electron chi connectivity index (χ4n) is 5.59. The SMILES string of the molecule is NC1CCCN(CCc2ccc(-n3ccc(NC(=O)N4CC5(CC(N)C5)C4)nc3=O)cc2)CC1. The first kappa shape index (κ1) is 23.0. The van der Waals surface area contributed by atoms with Crippen LogP contribution in [0.5, 0.6) is 0 Å². The predicted octanol–water partition coefficient (Wildman–Crippen LogP) is 1.54. The summed E-state index contributed by atoms with van der Waals surface area (Å²) in [5.74, 6) is 0.270. The number of urea groups is 1. The lowest BCUT2D eigenvalue weighted by molar-refractivity contribution is -0.0418. The van der Waals surface area contributed by atoms with E-state index in [0.717, 1.165) is 70.5 Å². The quantitative estimate of drug-likeness (QED) is 0.616. The van der Waals surface area contributed by atoms with Crippen molar-refractivity contribution in [1.82, 2.24) is 19.4 Å². The zero-order chi connectivity index (χ0) is 23.7. The number of carbonyl (C=O) groups is 1. The third-order valence-electron chi connectivity index (χ3n) is 7.57. The zero-order valence-corrected chi connectivity index (χ0v) is 19.7. The monoisotopic (exact) mass is 465 g/mol. The molecule has 9 nitrogen and oxygen atoms in total. The summed E-state index contributed by atoms with van der Waals surface area (Å²) in [6.07, 6.45) is 7.94. The van der Waals surface area contributed by atoms with Gasteiger partial charge in [0, 0.05) is 43.3 Å². The second kappa shape index (κ2) is 9.48. The first-order valence-corrected chi connectivity index (χ1v) is 12.4. The maximum Gasteiger partial charge on any atom is 0.354 e. The highest BCUT2D eigenvalue weighted by atomic mass is 16.2. The van der Waals surface area contributed by atoms with Crippen LogP contribution in [0.25, 0.3) is 5.69 Å². The van der Waals surface area contributed by atoms with E-state index in [0.29, 0.717) is 6.04 Å². The molecule has 0 bridgehead atoms. The number of amides is 2. The van der Waals surface area contributed by atoms with Gasteiger partial charge in [0.2, 0.25) is 0 Å². The number of likely N-dealkylation sites (tertiary alicyclic amines) is 2. The van der Waals surface area contributed by atoms with Gasteiger partial charge in [-0.25, -0.2) is 9.59 Å². The molecule has 1 unspecified atom stereocenters. The molecule has 2 saturated heterocycles. The topological polar surface area (TPSA) is 123 Å². The molecule has 1 atom stereocenters. The number of carbonyl (C=O) groups excluding carboxylic acids is 1. The smallest absolute Gasteiger partial charge is 0.328 e. The fourth-order valence-corrected chi connectivity index (χ4v) is 5.59. The van der Waals surface area contributed by atoms with Gasteiger partial charge in [0.15, 0.2) is 0 Å². The molecule has 1 aromatic heterocycles. The lowest BCUT2D eigenvalue weighted by Crippen LogP contribution is -2.67. The van der Waals surface area contributed by atoms with Crippen molar-refractivity contribution in [3.63, 3.8) is 0 Å². The van der Waals surface area contributed by atoms with Gasteiger partial charge >= 0.3 is 11.7 Å². The van der Waals surface area contributed by atoms with Crippen LogP contribution in [-0.2, 0) is 6.42 Å². The minimum absolute atomic E-state index is 0.216. The predicted molar refractivity (Wildman–Crippen MR) is 132 cm³/mol. The molecule has 1 spiro atoms. The minimum Gasteiger partial charge on any atom is -0.328 e. The normalized spacial score (nSPS) is 22.6. The molecule has 9 heteroatoms. The molecule has 1 aliphatic carbocycles. The van der Waals surface area contributed by atoms with E-state index in [-0.39, 0.29) is 23.3 Å². The van der Waals surface area contributed by atoms with Crippen molar-refractivity contribution in [2.24, 2.45) is 16.9 Å². The fraction of sp³-hybridized carbons (Fsp3) is 0.560. The number of benzene rings is 1. The van der Waals surface area contributed by atoms with Gasteiger partial charge in [0.05, 0.1) is 5.69 Å². The van der Waals surface area contributed by atoms with Gasteiger partial charge in [-0.05, 0) is 75.4 Å². The number of nitrogens with zero attached hydrogens (tertiary/aromatic N) is 4.